The van der Waals surface area contributed by atoms with Crippen LogP contribution < -0.4 is 14.4 Å². The highest BCUT2D eigenvalue weighted by Gasteiger charge is 2.21. The van der Waals surface area contributed by atoms with Crippen LogP contribution >= 0.6 is 11.3 Å². The lowest BCUT2D eigenvalue weighted by molar-refractivity contribution is 0.102. The standard InChI is InChI=1S/C24H23N3O4S2/c1-4-31-19-11-14-21-22(15-19)32-24(25-21)26-23(28)17-7-9-18(10-8-17)27(3)33(29,30)20-12-5-16(2)6-13-20/h5-15H,4H2,1-3H3,(H,25,26,28). The number of benzene rings is 3. The number of thiazole rings is 1. The Morgan fingerprint density at radius 2 is 1.76 bits per heavy atom. The molecule has 1 heterocycles. The summed E-state index contributed by atoms with van der Waals surface area (Å²) in [5.74, 6) is 0.432. The second-order valence-electron chi connectivity index (χ2n) is 7.37. The number of anilines is 2. The van der Waals surface area contributed by atoms with Gasteiger partial charge >= 0.3 is 0 Å². The van der Waals surface area contributed by atoms with E-state index in [9.17, 15) is 13.2 Å². The maximum atomic E-state index is 12.9. The fourth-order valence-corrected chi connectivity index (χ4v) is 5.30. The third kappa shape index (κ3) is 4.84. The van der Waals surface area contributed by atoms with Crippen LogP contribution in [0.15, 0.2) is 71.6 Å². The quantitative estimate of drug-likeness (QED) is 0.398. The van der Waals surface area contributed by atoms with Gasteiger partial charge in [-0.3, -0.25) is 14.4 Å². The number of aryl methyl sites for hydroxylation is 1. The summed E-state index contributed by atoms with van der Waals surface area (Å²) in [6.07, 6.45) is 0. The van der Waals surface area contributed by atoms with E-state index in [2.05, 4.69) is 10.3 Å². The summed E-state index contributed by atoms with van der Waals surface area (Å²) in [7, 11) is -2.21. The molecule has 0 saturated heterocycles. The molecule has 0 saturated carbocycles. The first-order valence-corrected chi connectivity index (χ1v) is 12.5. The van der Waals surface area contributed by atoms with Crippen molar-refractivity contribution in [3.8, 4) is 5.75 Å². The second-order valence-corrected chi connectivity index (χ2v) is 10.4. The van der Waals surface area contributed by atoms with Crippen molar-refractivity contribution in [1.29, 1.82) is 0 Å². The van der Waals surface area contributed by atoms with Gasteiger partial charge in [0.25, 0.3) is 15.9 Å². The fourth-order valence-electron chi connectivity index (χ4n) is 3.21. The molecular formula is C24H23N3O4S2. The molecule has 1 amide bonds. The SMILES string of the molecule is CCOc1ccc2nc(NC(=O)c3ccc(N(C)S(=O)(=O)c4ccc(C)cc4)cc3)sc2c1. The van der Waals surface area contributed by atoms with Gasteiger partial charge in [-0.1, -0.05) is 29.0 Å². The van der Waals surface area contributed by atoms with Crippen LogP contribution in [0.2, 0.25) is 0 Å². The number of amides is 1. The first-order valence-electron chi connectivity index (χ1n) is 10.3. The number of ether oxygens (including phenoxy) is 1. The largest absolute Gasteiger partial charge is 0.494 e. The van der Waals surface area contributed by atoms with E-state index in [0.29, 0.717) is 23.0 Å². The normalized spacial score (nSPS) is 11.4. The Labute approximate surface area is 196 Å². The molecule has 4 aromatic rings. The zero-order chi connectivity index (χ0) is 23.6. The minimum atomic E-state index is -3.70. The number of carbonyl (C=O) groups excluding carboxylic acids is 1. The van der Waals surface area contributed by atoms with Crippen molar-refractivity contribution < 1.29 is 17.9 Å². The number of nitrogens with one attached hydrogen (secondary N) is 1. The monoisotopic (exact) mass is 481 g/mol. The van der Waals surface area contributed by atoms with Crippen LogP contribution in [0.5, 0.6) is 5.75 Å². The number of hydrogen-bond donors (Lipinski definition) is 1. The van der Waals surface area contributed by atoms with Gasteiger partial charge in [0.2, 0.25) is 0 Å². The molecule has 170 valence electrons. The van der Waals surface area contributed by atoms with Crippen molar-refractivity contribution in [2.45, 2.75) is 18.7 Å². The Bertz CT molecular complexity index is 1400. The molecule has 7 nitrogen and oxygen atoms in total. The molecule has 0 aliphatic carbocycles. The number of sulfonamides is 1. The van der Waals surface area contributed by atoms with Crippen LogP contribution in [0.4, 0.5) is 10.8 Å². The van der Waals surface area contributed by atoms with Crippen LogP contribution in [0.1, 0.15) is 22.8 Å². The molecule has 0 atom stereocenters. The average Bonchev–Trinajstić information content (AvgIpc) is 3.20. The Balaban J connectivity index is 1.49. The number of aromatic nitrogens is 1. The van der Waals surface area contributed by atoms with Crippen LogP contribution in [-0.2, 0) is 10.0 Å². The molecular weight excluding hydrogens is 458 g/mol. The van der Waals surface area contributed by atoms with Crippen molar-refractivity contribution >= 4 is 48.3 Å². The fraction of sp³-hybridized carbons (Fsp3) is 0.167. The smallest absolute Gasteiger partial charge is 0.264 e. The number of fused-ring (bicyclic) bond motifs is 1. The summed E-state index contributed by atoms with van der Waals surface area (Å²) < 4.78 is 33.4. The Morgan fingerprint density at radius 3 is 2.42 bits per heavy atom. The van der Waals surface area contributed by atoms with Gasteiger partial charge in [-0.15, -0.1) is 0 Å². The van der Waals surface area contributed by atoms with Crippen LogP contribution in [0.3, 0.4) is 0 Å². The highest BCUT2D eigenvalue weighted by atomic mass is 32.2. The van der Waals surface area contributed by atoms with Gasteiger partial charge in [0.1, 0.15) is 5.75 Å². The topological polar surface area (TPSA) is 88.6 Å². The van der Waals surface area contributed by atoms with Crippen molar-refractivity contribution in [1.82, 2.24) is 4.98 Å². The summed E-state index contributed by atoms with van der Waals surface area (Å²) in [6.45, 7) is 4.39. The van der Waals surface area contributed by atoms with Crippen LogP contribution in [0, 0.1) is 6.92 Å². The van der Waals surface area contributed by atoms with E-state index in [1.54, 1.807) is 48.5 Å². The van der Waals surface area contributed by atoms with E-state index >= 15 is 0 Å². The summed E-state index contributed by atoms with van der Waals surface area (Å²) in [5, 5.41) is 3.28. The first kappa shape index (κ1) is 22.8. The van der Waals surface area contributed by atoms with E-state index in [1.165, 1.54) is 22.7 Å². The van der Waals surface area contributed by atoms with Crippen LogP contribution in [-0.4, -0.2) is 33.0 Å². The van der Waals surface area contributed by atoms with E-state index < -0.39 is 10.0 Å². The predicted molar refractivity (Wildman–Crippen MR) is 132 cm³/mol. The maximum Gasteiger partial charge on any atom is 0.264 e. The summed E-state index contributed by atoms with van der Waals surface area (Å²) >= 11 is 1.36. The zero-order valence-electron chi connectivity index (χ0n) is 18.4. The molecule has 0 fully saturated rings. The van der Waals surface area contributed by atoms with Crippen molar-refractivity contribution in [2.75, 3.05) is 23.3 Å². The minimum absolute atomic E-state index is 0.209. The number of nitrogens with zero attached hydrogens (tertiary/aromatic N) is 2. The summed E-state index contributed by atoms with van der Waals surface area (Å²) in [5.41, 5.74) is 2.61. The maximum absolute atomic E-state index is 12.9. The summed E-state index contributed by atoms with van der Waals surface area (Å²) in [6, 6.07) is 18.7. The van der Waals surface area contributed by atoms with Crippen molar-refractivity contribution in [3.05, 3.63) is 77.9 Å². The lowest BCUT2D eigenvalue weighted by Gasteiger charge is -2.20. The van der Waals surface area contributed by atoms with Gasteiger partial charge < -0.3 is 4.74 Å². The molecule has 0 spiro atoms. The lowest BCUT2D eigenvalue weighted by Crippen LogP contribution is -2.26. The molecule has 1 N–H and O–H groups in total. The molecule has 9 heteroatoms. The molecule has 0 aliphatic heterocycles. The molecule has 0 radical (unpaired) electrons. The molecule has 33 heavy (non-hydrogen) atoms. The van der Waals surface area contributed by atoms with Gasteiger partial charge in [0.15, 0.2) is 5.13 Å². The Morgan fingerprint density at radius 1 is 1.06 bits per heavy atom. The zero-order valence-corrected chi connectivity index (χ0v) is 20.0. The van der Waals surface area contributed by atoms with E-state index in [-0.39, 0.29) is 10.8 Å². The van der Waals surface area contributed by atoms with Gasteiger partial charge in [0.05, 0.1) is 27.4 Å². The van der Waals surface area contributed by atoms with Crippen molar-refractivity contribution in [3.63, 3.8) is 0 Å². The third-order valence-corrected chi connectivity index (χ3v) is 7.80. The molecule has 1 aromatic heterocycles. The van der Waals surface area contributed by atoms with Crippen molar-refractivity contribution in [2.24, 2.45) is 0 Å². The average molecular weight is 482 g/mol. The summed E-state index contributed by atoms with van der Waals surface area (Å²) in [4.78, 5) is 17.3. The Hall–Kier alpha value is -3.43. The van der Waals surface area contributed by atoms with E-state index in [1.807, 2.05) is 32.0 Å². The highest BCUT2D eigenvalue weighted by Crippen LogP contribution is 2.30. The number of rotatable bonds is 7. The minimum Gasteiger partial charge on any atom is -0.494 e. The molecule has 0 aliphatic rings. The third-order valence-electron chi connectivity index (χ3n) is 5.06. The molecule has 4 rings (SSSR count). The number of hydrogen-bond acceptors (Lipinski definition) is 6. The lowest BCUT2D eigenvalue weighted by atomic mass is 10.2. The predicted octanol–water partition coefficient (Wildman–Crippen LogP) is 5.08. The second kappa shape index (κ2) is 9.21. The van der Waals surface area contributed by atoms with Gasteiger partial charge in [-0.05, 0) is 68.4 Å². The highest BCUT2D eigenvalue weighted by molar-refractivity contribution is 7.92. The van der Waals surface area contributed by atoms with Gasteiger partial charge in [-0.2, -0.15) is 0 Å². The molecule has 0 unspecified atom stereocenters. The van der Waals surface area contributed by atoms with Gasteiger partial charge in [-0.25, -0.2) is 13.4 Å². The number of carbonyl (C=O) groups is 1. The molecule has 3 aromatic carbocycles. The first-order chi connectivity index (χ1) is 15.8. The van der Waals surface area contributed by atoms with E-state index in [0.717, 1.165) is 21.5 Å². The van der Waals surface area contributed by atoms with Crippen LogP contribution in [0.25, 0.3) is 10.2 Å². The van der Waals surface area contributed by atoms with E-state index in [4.69, 9.17) is 4.74 Å². The molecule has 0 bridgehead atoms. The Kier molecular flexibility index (Phi) is 6.35. The van der Waals surface area contributed by atoms with Gasteiger partial charge in [0, 0.05) is 12.6 Å².